The number of nitrogens with one attached hydrogen (secondary N) is 2. The zero-order valence-electron chi connectivity index (χ0n) is 11.5. The molecule has 2 aromatic rings. The molecule has 2 N–H and O–H groups in total. The fourth-order valence-electron chi connectivity index (χ4n) is 1.70. The highest BCUT2D eigenvalue weighted by Crippen LogP contribution is 2.27. The number of carbonyl (C=O) groups excluding carboxylic acids is 1. The summed E-state index contributed by atoms with van der Waals surface area (Å²) in [5.41, 5.74) is 0.304. The Hall–Kier alpha value is -2.64. The van der Waals surface area contributed by atoms with Crippen molar-refractivity contribution in [2.75, 3.05) is 26.0 Å². The second kappa shape index (κ2) is 6.00. The predicted molar refractivity (Wildman–Crippen MR) is 73.3 cm³/mol. The number of amides is 1. The Morgan fingerprint density at radius 2 is 2.25 bits per heavy atom. The number of hydrogen-bond acceptors (Lipinski definition) is 6. The Labute approximate surface area is 116 Å². The Morgan fingerprint density at radius 1 is 1.45 bits per heavy atom. The van der Waals surface area contributed by atoms with Crippen LogP contribution in [-0.4, -0.2) is 46.4 Å². The first-order chi connectivity index (χ1) is 9.71. The van der Waals surface area contributed by atoms with Crippen molar-refractivity contribution in [3.05, 3.63) is 24.3 Å². The van der Waals surface area contributed by atoms with Gasteiger partial charge >= 0.3 is 0 Å². The van der Waals surface area contributed by atoms with Crippen molar-refractivity contribution in [1.82, 2.24) is 25.1 Å². The summed E-state index contributed by atoms with van der Waals surface area (Å²) in [7, 11) is 3.09. The number of methoxy groups -OCH3 is 1. The maximum atomic E-state index is 11.5. The van der Waals surface area contributed by atoms with E-state index in [0.717, 1.165) is 0 Å². The topological polar surface area (TPSA) is 94.0 Å². The third-order valence-electron chi connectivity index (χ3n) is 2.60. The SMILES string of the molecule is CCNc1ncnc(-n2ccc(C(=O)NC)n2)c1OC. The molecule has 0 aliphatic heterocycles. The smallest absolute Gasteiger partial charge is 0.271 e. The first-order valence-electron chi connectivity index (χ1n) is 6.12. The first-order valence-corrected chi connectivity index (χ1v) is 6.12. The fourth-order valence-corrected chi connectivity index (χ4v) is 1.70. The number of ether oxygens (including phenoxy) is 1. The van der Waals surface area contributed by atoms with Crippen LogP contribution in [0.15, 0.2) is 18.6 Å². The lowest BCUT2D eigenvalue weighted by Gasteiger charge is -2.11. The number of carbonyl (C=O) groups is 1. The molecule has 106 valence electrons. The van der Waals surface area contributed by atoms with Crippen LogP contribution in [0.2, 0.25) is 0 Å². The van der Waals surface area contributed by atoms with E-state index < -0.39 is 0 Å². The van der Waals surface area contributed by atoms with Gasteiger partial charge in [0, 0.05) is 19.8 Å². The van der Waals surface area contributed by atoms with Gasteiger partial charge in [-0.2, -0.15) is 5.10 Å². The highest BCUT2D eigenvalue weighted by Gasteiger charge is 2.15. The van der Waals surface area contributed by atoms with Gasteiger partial charge in [-0.3, -0.25) is 4.79 Å². The van der Waals surface area contributed by atoms with Gasteiger partial charge in [0.2, 0.25) is 11.6 Å². The Balaban J connectivity index is 2.44. The predicted octanol–water partition coefficient (Wildman–Crippen LogP) is 0.462. The number of aromatic nitrogens is 4. The van der Waals surface area contributed by atoms with Gasteiger partial charge in [-0.05, 0) is 13.0 Å². The summed E-state index contributed by atoms with van der Waals surface area (Å²) in [5.74, 6) is 1.26. The molecule has 0 unspecified atom stereocenters. The van der Waals surface area contributed by atoms with Gasteiger partial charge < -0.3 is 15.4 Å². The maximum Gasteiger partial charge on any atom is 0.271 e. The van der Waals surface area contributed by atoms with Gasteiger partial charge in [0.05, 0.1) is 7.11 Å². The lowest BCUT2D eigenvalue weighted by molar-refractivity contribution is 0.0957. The molecule has 0 radical (unpaired) electrons. The molecule has 2 aromatic heterocycles. The van der Waals surface area contributed by atoms with Crippen LogP contribution in [0, 0.1) is 0 Å². The van der Waals surface area contributed by atoms with E-state index in [2.05, 4.69) is 25.7 Å². The molecule has 2 rings (SSSR count). The second-order valence-electron chi connectivity index (χ2n) is 3.83. The highest BCUT2D eigenvalue weighted by molar-refractivity contribution is 5.91. The van der Waals surface area contributed by atoms with Crippen LogP contribution < -0.4 is 15.4 Å². The lowest BCUT2D eigenvalue weighted by atomic mass is 10.4. The molecule has 2 heterocycles. The van der Waals surface area contributed by atoms with Gasteiger partial charge in [-0.1, -0.05) is 0 Å². The van der Waals surface area contributed by atoms with Gasteiger partial charge in [0.25, 0.3) is 5.91 Å². The van der Waals surface area contributed by atoms with E-state index in [9.17, 15) is 4.79 Å². The zero-order chi connectivity index (χ0) is 14.5. The molecule has 0 saturated heterocycles. The zero-order valence-corrected chi connectivity index (χ0v) is 11.5. The summed E-state index contributed by atoms with van der Waals surface area (Å²) >= 11 is 0. The molecule has 0 aromatic carbocycles. The molecule has 0 fully saturated rings. The minimum Gasteiger partial charge on any atom is -0.490 e. The normalized spacial score (nSPS) is 10.2. The summed E-state index contributed by atoms with van der Waals surface area (Å²) in [6.07, 6.45) is 3.06. The van der Waals surface area contributed by atoms with Crippen LogP contribution in [0.5, 0.6) is 5.75 Å². The van der Waals surface area contributed by atoms with E-state index in [0.29, 0.717) is 29.6 Å². The quantitative estimate of drug-likeness (QED) is 0.824. The third-order valence-corrected chi connectivity index (χ3v) is 2.60. The van der Waals surface area contributed by atoms with E-state index in [1.807, 2.05) is 6.92 Å². The van der Waals surface area contributed by atoms with Crippen molar-refractivity contribution < 1.29 is 9.53 Å². The van der Waals surface area contributed by atoms with Gasteiger partial charge in [0.15, 0.2) is 11.5 Å². The lowest BCUT2D eigenvalue weighted by Crippen LogP contribution is -2.18. The van der Waals surface area contributed by atoms with Gasteiger partial charge in [0.1, 0.15) is 6.33 Å². The number of hydrogen-bond donors (Lipinski definition) is 2. The van der Waals surface area contributed by atoms with Crippen LogP contribution >= 0.6 is 0 Å². The van der Waals surface area contributed by atoms with E-state index in [-0.39, 0.29) is 5.91 Å². The van der Waals surface area contributed by atoms with Crippen molar-refractivity contribution in [3.8, 4) is 11.6 Å². The van der Waals surface area contributed by atoms with E-state index in [4.69, 9.17) is 4.74 Å². The molecule has 0 saturated carbocycles. The van der Waals surface area contributed by atoms with Crippen molar-refractivity contribution in [2.45, 2.75) is 6.92 Å². The average Bonchev–Trinajstić information content (AvgIpc) is 2.96. The van der Waals surface area contributed by atoms with Crippen molar-refractivity contribution in [1.29, 1.82) is 0 Å². The first kappa shape index (κ1) is 13.8. The standard InChI is InChI=1S/C12H16N6O2/c1-4-14-10-9(20-3)11(16-7-15-10)18-6-5-8(17-18)12(19)13-2/h5-7H,4H2,1-3H3,(H,13,19)(H,14,15,16). The summed E-state index contributed by atoms with van der Waals surface area (Å²) in [4.78, 5) is 19.8. The second-order valence-corrected chi connectivity index (χ2v) is 3.83. The van der Waals surface area contributed by atoms with Crippen molar-refractivity contribution >= 4 is 11.7 Å². The van der Waals surface area contributed by atoms with Gasteiger partial charge in [-0.15, -0.1) is 0 Å². The number of nitrogens with zero attached hydrogens (tertiary/aromatic N) is 4. The van der Waals surface area contributed by atoms with E-state index >= 15 is 0 Å². The Bertz CT molecular complexity index is 610. The number of anilines is 1. The molecule has 0 bridgehead atoms. The minimum absolute atomic E-state index is 0.260. The minimum atomic E-state index is -0.260. The monoisotopic (exact) mass is 276 g/mol. The average molecular weight is 276 g/mol. The Morgan fingerprint density at radius 3 is 2.90 bits per heavy atom. The molecule has 20 heavy (non-hydrogen) atoms. The third kappa shape index (κ3) is 2.53. The van der Waals surface area contributed by atoms with Gasteiger partial charge in [-0.25, -0.2) is 14.6 Å². The molecule has 0 aliphatic carbocycles. The molecular formula is C12H16N6O2. The largest absolute Gasteiger partial charge is 0.490 e. The maximum absolute atomic E-state index is 11.5. The Kier molecular flexibility index (Phi) is 4.14. The molecular weight excluding hydrogens is 260 g/mol. The molecule has 8 heteroatoms. The molecule has 0 spiro atoms. The highest BCUT2D eigenvalue weighted by atomic mass is 16.5. The van der Waals surface area contributed by atoms with Crippen molar-refractivity contribution in [3.63, 3.8) is 0 Å². The molecule has 1 amide bonds. The summed E-state index contributed by atoms with van der Waals surface area (Å²) in [6, 6.07) is 1.60. The summed E-state index contributed by atoms with van der Waals surface area (Å²) in [5, 5.41) is 9.76. The molecule has 8 nitrogen and oxygen atoms in total. The van der Waals surface area contributed by atoms with Crippen LogP contribution in [0.4, 0.5) is 5.82 Å². The number of rotatable bonds is 5. The van der Waals surface area contributed by atoms with Crippen LogP contribution in [0.3, 0.4) is 0 Å². The van der Waals surface area contributed by atoms with Crippen molar-refractivity contribution in [2.24, 2.45) is 0 Å². The van der Waals surface area contributed by atoms with E-state index in [1.54, 1.807) is 19.3 Å². The van der Waals surface area contributed by atoms with Crippen LogP contribution in [-0.2, 0) is 0 Å². The van der Waals surface area contributed by atoms with Crippen LogP contribution in [0.25, 0.3) is 5.82 Å². The van der Waals surface area contributed by atoms with Crippen LogP contribution in [0.1, 0.15) is 17.4 Å². The fraction of sp³-hybridized carbons (Fsp3) is 0.333. The molecule has 0 atom stereocenters. The molecule has 0 aliphatic rings. The summed E-state index contributed by atoms with van der Waals surface area (Å²) < 4.78 is 6.81. The summed E-state index contributed by atoms with van der Waals surface area (Å²) in [6.45, 7) is 2.66. The van der Waals surface area contributed by atoms with E-state index in [1.165, 1.54) is 18.1 Å².